The molecule has 25 heavy (non-hydrogen) atoms. The second-order valence-electron chi connectivity index (χ2n) is 6.70. The summed E-state index contributed by atoms with van der Waals surface area (Å²) in [6, 6.07) is 15.2. The van der Waals surface area contributed by atoms with Crippen molar-refractivity contribution in [3.05, 3.63) is 59.1 Å². The van der Waals surface area contributed by atoms with Gasteiger partial charge in [0.1, 0.15) is 11.5 Å². The molecule has 0 aliphatic carbocycles. The van der Waals surface area contributed by atoms with Gasteiger partial charge in [-0.05, 0) is 36.6 Å². The van der Waals surface area contributed by atoms with Crippen molar-refractivity contribution in [2.75, 3.05) is 13.1 Å². The molecule has 1 aliphatic heterocycles. The van der Waals surface area contributed by atoms with E-state index in [4.69, 9.17) is 16.3 Å². The summed E-state index contributed by atoms with van der Waals surface area (Å²) in [6.45, 7) is 4.07. The van der Waals surface area contributed by atoms with Gasteiger partial charge in [0.05, 0.1) is 5.92 Å². The van der Waals surface area contributed by atoms with E-state index in [1.165, 1.54) is 0 Å². The zero-order valence-electron chi connectivity index (χ0n) is 14.2. The zero-order valence-corrected chi connectivity index (χ0v) is 14.9. The highest BCUT2D eigenvalue weighted by molar-refractivity contribution is 6.31. The molecule has 0 radical (unpaired) electrons. The van der Waals surface area contributed by atoms with E-state index in [2.05, 4.69) is 11.8 Å². The number of carboxylic acids is 1. The van der Waals surface area contributed by atoms with Crippen LogP contribution in [0.3, 0.4) is 0 Å². The molecular formula is C20H22ClNO3. The Hall–Kier alpha value is -2.04. The van der Waals surface area contributed by atoms with Crippen molar-refractivity contribution in [3.63, 3.8) is 0 Å². The minimum Gasteiger partial charge on any atom is -0.481 e. The molecule has 0 aromatic heterocycles. The molecular weight excluding hydrogens is 338 g/mol. The summed E-state index contributed by atoms with van der Waals surface area (Å²) in [5.41, 5.74) is 0.895. The Labute approximate surface area is 153 Å². The van der Waals surface area contributed by atoms with Gasteiger partial charge in [-0.3, -0.25) is 9.69 Å². The molecule has 0 saturated carbocycles. The van der Waals surface area contributed by atoms with Crippen molar-refractivity contribution in [1.82, 2.24) is 4.90 Å². The predicted molar refractivity (Wildman–Crippen MR) is 98.2 cm³/mol. The summed E-state index contributed by atoms with van der Waals surface area (Å²) in [5.74, 6) is 0.752. The van der Waals surface area contributed by atoms with Crippen molar-refractivity contribution in [3.8, 4) is 11.5 Å². The first-order valence-corrected chi connectivity index (χ1v) is 8.86. The van der Waals surface area contributed by atoms with Gasteiger partial charge in [0, 0.05) is 30.2 Å². The van der Waals surface area contributed by atoms with Crippen LogP contribution in [0.15, 0.2) is 48.5 Å². The maximum atomic E-state index is 11.4. The van der Waals surface area contributed by atoms with Crippen molar-refractivity contribution in [2.24, 2.45) is 11.8 Å². The van der Waals surface area contributed by atoms with Crippen LogP contribution in [-0.4, -0.2) is 29.1 Å². The van der Waals surface area contributed by atoms with Crippen LogP contribution in [0.1, 0.15) is 18.9 Å². The van der Waals surface area contributed by atoms with Crippen LogP contribution in [0.5, 0.6) is 11.5 Å². The van der Waals surface area contributed by atoms with Crippen LogP contribution >= 0.6 is 11.6 Å². The van der Waals surface area contributed by atoms with Crippen LogP contribution in [0.4, 0.5) is 0 Å². The van der Waals surface area contributed by atoms with Crippen LogP contribution in [0.2, 0.25) is 5.02 Å². The van der Waals surface area contributed by atoms with Gasteiger partial charge in [-0.2, -0.15) is 0 Å². The third-order valence-corrected chi connectivity index (χ3v) is 4.87. The average molecular weight is 360 g/mol. The number of ether oxygens (including phenoxy) is 1. The molecule has 1 N–H and O–H groups in total. The molecule has 0 bridgehead atoms. The first kappa shape index (κ1) is 17.8. The topological polar surface area (TPSA) is 49.8 Å². The highest BCUT2D eigenvalue weighted by atomic mass is 35.5. The lowest BCUT2D eigenvalue weighted by molar-refractivity contribution is -0.144. The van der Waals surface area contributed by atoms with Crippen LogP contribution in [0.25, 0.3) is 0 Å². The van der Waals surface area contributed by atoms with E-state index in [0.29, 0.717) is 29.8 Å². The second-order valence-corrected chi connectivity index (χ2v) is 7.11. The van der Waals surface area contributed by atoms with E-state index in [0.717, 1.165) is 24.3 Å². The number of halogens is 1. The number of para-hydroxylation sites is 1. The Kier molecular flexibility index (Phi) is 5.61. The lowest BCUT2D eigenvalue weighted by Gasteiger charge is -2.35. The number of likely N-dealkylation sites (tertiary alicyclic amines) is 1. The number of carbonyl (C=O) groups is 1. The van der Waals surface area contributed by atoms with E-state index in [9.17, 15) is 9.90 Å². The van der Waals surface area contributed by atoms with Gasteiger partial charge in [0.15, 0.2) is 0 Å². The number of nitrogens with zero attached hydrogens (tertiary/aromatic N) is 1. The fourth-order valence-electron chi connectivity index (χ4n) is 3.40. The average Bonchev–Trinajstić information content (AvgIpc) is 2.58. The first-order valence-electron chi connectivity index (χ1n) is 8.48. The predicted octanol–water partition coefficient (Wildman–Crippen LogP) is 4.67. The quantitative estimate of drug-likeness (QED) is 0.842. The minimum atomic E-state index is -0.725. The molecule has 1 heterocycles. The van der Waals surface area contributed by atoms with Gasteiger partial charge < -0.3 is 9.84 Å². The van der Waals surface area contributed by atoms with E-state index >= 15 is 0 Å². The molecule has 2 unspecified atom stereocenters. The van der Waals surface area contributed by atoms with Crippen molar-refractivity contribution in [1.29, 1.82) is 0 Å². The third kappa shape index (κ3) is 4.53. The van der Waals surface area contributed by atoms with Gasteiger partial charge in [-0.15, -0.1) is 0 Å². The lowest BCUT2D eigenvalue weighted by atomic mass is 9.90. The molecule has 2 atom stereocenters. The fourth-order valence-corrected chi connectivity index (χ4v) is 3.62. The van der Waals surface area contributed by atoms with E-state index in [1.807, 2.05) is 48.5 Å². The summed E-state index contributed by atoms with van der Waals surface area (Å²) >= 11 is 6.43. The second kappa shape index (κ2) is 7.89. The van der Waals surface area contributed by atoms with Gasteiger partial charge in [0.25, 0.3) is 0 Å². The van der Waals surface area contributed by atoms with Gasteiger partial charge >= 0.3 is 5.97 Å². The SMILES string of the molecule is CC1CC(C(=O)O)CN(Cc2c(Cl)cccc2Oc2ccccc2)C1. The van der Waals surface area contributed by atoms with Crippen molar-refractivity contribution in [2.45, 2.75) is 19.9 Å². The Morgan fingerprint density at radius 3 is 2.68 bits per heavy atom. The van der Waals surface area contributed by atoms with Crippen LogP contribution in [-0.2, 0) is 11.3 Å². The summed E-state index contributed by atoms with van der Waals surface area (Å²) < 4.78 is 6.01. The summed E-state index contributed by atoms with van der Waals surface area (Å²) in [6.07, 6.45) is 0.724. The fraction of sp³-hybridized carbons (Fsp3) is 0.350. The largest absolute Gasteiger partial charge is 0.481 e. The van der Waals surface area contributed by atoms with E-state index in [1.54, 1.807) is 0 Å². The molecule has 0 amide bonds. The minimum absolute atomic E-state index is 0.329. The van der Waals surface area contributed by atoms with Gasteiger partial charge in [-0.25, -0.2) is 0 Å². The molecule has 132 valence electrons. The number of rotatable bonds is 5. The zero-order chi connectivity index (χ0) is 17.8. The standard InChI is InChI=1S/C20H22ClNO3/c1-14-10-15(20(23)24)12-22(11-14)13-17-18(21)8-5-9-19(17)25-16-6-3-2-4-7-16/h2-9,14-15H,10-13H2,1H3,(H,23,24). The number of hydrogen-bond acceptors (Lipinski definition) is 3. The summed E-state index contributed by atoms with van der Waals surface area (Å²) in [7, 11) is 0. The summed E-state index contributed by atoms with van der Waals surface area (Å²) in [5, 5.41) is 10.0. The highest BCUT2D eigenvalue weighted by Gasteiger charge is 2.30. The monoisotopic (exact) mass is 359 g/mol. The van der Waals surface area contributed by atoms with Crippen molar-refractivity contribution >= 4 is 17.6 Å². The molecule has 2 aromatic rings. The Bertz CT molecular complexity index is 735. The molecule has 1 aliphatic rings. The highest BCUT2D eigenvalue weighted by Crippen LogP contribution is 2.33. The Morgan fingerprint density at radius 2 is 1.96 bits per heavy atom. The molecule has 1 fully saturated rings. The number of benzene rings is 2. The molecule has 2 aromatic carbocycles. The molecule has 4 nitrogen and oxygen atoms in total. The third-order valence-electron chi connectivity index (χ3n) is 4.51. The normalized spacial score (nSPS) is 21.0. The number of carboxylic acid groups (broad SMARTS) is 1. The van der Waals surface area contributed by atoms with Crippen LogP contribution < -0.4 is 4.74 Å². The first-order chi connectivity index (χ1) is 12.0. The van der Waals surface area contributed by atoms with E-state index in [-0.39, 0.29) is 5.92 Å². The van der Waals surface area contributed by atoms with Gasteiger partial charge in [0.2, 0.25) is 0 Å². The molecule has 0 spiro atoms. The van der Waals surface area contributed by atoms with Gasteiger partial charge in [-0.1, -0.05) is 42.8 Å². The number of piperidine rings is 1. The van der Waals surface area contributed by atoms with E-state index < -0.39 is 5.97 Å². The molecule has 5 heteroatoms. The Morgan fingerprint density at radius 1 is 1.20 bits per heavy atom. The maximum absolute atomic E-state index is 11.4. The van der Waals surface area contributed by atoms with Crippen molar-refractivity contribution < 1.29 is 14.6 Å². The lowest BCUT2D eigenvalue weighted by Crippen LogP contribution is -2.42. The Balaban J connectivity index is 1.81. The summed E-state index contributed by atoms with van der Waals surface area (Å²) in [4.78, 5) is 13.6. The maximum Gasteiger partial charge on any atom is 0.307 e. The molecule has 3 rings (SSSR count). The smallest absolute Gasteiger partial charge is 0.307 e. The van der Waals surface area contributed by atoms with Crippen LogP contribution in [0, 0.1) is 11.8 Å². The number of hydrogen-bond donors (Lipinski definition) is 1. The molecule has 1 saturated heterocycles. The number of aliphatic carboxylic acids is 1.